The molecule has 3 fully saturated rings. The molecule has 0 radical (unpaired) electrons. The number of carbonyl (C=O) groups is 1. The molecule has 3 aliphatic heterocycles. The lowest BCUT2D eigenvalue weighted by Gasteiger charge is -2.54. The largest absolute Gasteiger partial charge is 0.335 e. The topological polar surface area (TPSA) is 58.4 Å². The van der Waals surface area contributed by atoms with E-state index in [9.17, 15) is 9.59 Å². The molecule has 0 saturated carbocycles. The van der Waals surface area contributed by atoms with E-state index in [-0.39, 0.29) is 23.9 Å². The Kier molecular flexibility index (Phi) is 4.94. The van der Waals surface area contributed by atoms with Crippen molar-refractivity contribution in [3.63, 3.8) is 0 Å². The van der Waals surface area contributed by atoms with E-state index in [1.165, 1.54) is 42.5 Å². The summed E-state index contributed by atoms with van der Waals surface area (Å²) in [5, 5.41) is 5.93. The van der Waals surface area contributed by atoms with Gasteiger partial charge in [0.1, 0.15) is 0 Å². The Morgan fingerprint density at radius 1 is 1.12 bits per heavy atom. The smallest absolute Gasteiger partial charge is 0.274 e. The average molecular weight is 433 g/mol. The fraction of sp³-hybridized carbons (Fsp3) is 0.577. The molecule has 6 nitrogen and oxygen atoms in total. The van der Waals surface area contributed by atoms with Crippen LogP contribution in [-0.4, -0.2) is 57.2 Å². The summed E-state index contributed by atoms with van der Waals surface area (Å²) in [6.07, 6.45) is 10.2. The highest BCUT2D eigenvalue weighted by atomic mass is 16.2. The first kappa shape index (κ1) is 20.2. The van der Waals surface area contributed by atoms with Crippen molar-refractivity contribution >= 4 is 16.7 Å². The summed E-state index contributed by atoms with van der Waals surface area (Å²) >= 11 is 0. The predicted molar refractivity (Wildman–Crippen MR) is 124 cm³/mol. The summed E-state index contributed by atoms with van der Waals surface area (Å²) in [6, 6.07) is 8.49. The molecule has 0 unspecified atom stereocenters. The average Bonchev–Trinajstić information content (AvgIpc) is 2.82. The van der Waals surface area contributed by atoms with E-state index in [2.05, 4.69) is 21.0 Å². The lowest BCUT2D eigenvalue weighted by Crippen LogP contribution is -2.60. The fourth-order valence-electron chi connectivity index (χ4n) is 7.00. The summed E-state index contributed by atoms with van der Waals surface area (Å²) < 4.78 is 1.37. The standard InChI is InChI=1S/C26H32N4O2/c1-28-26(32)21-9-3-2-8-20(21)22(27-28)15-24(31)30-12-6-7-17-13-18-14-19(25(17)30)16-29-11-5-4-10-23(18)29/h2-3,8-9,13,18-19,23,25H,4-7,10-12,14-16H2,1H3/t18-,19+,23+,25+/m0/s1. The second-order valence-electron chi connectivity index (χ2n) is 10.2. The first-order valence-electron chi connectivity index (χ1n) is 12.3. The van der Waals surface area contributed by atoms with Gasteiger partial charge in [0.05, 0.1) is 23.5 Å². The van der Waals surface area contributed by atoms with Gasteiger partial charge < -0.3 is 4.90 Å². The van der Waals surface area contributed by atoms with Crippen LogP contribution in [0.15, 0.2) is 40.7 Å². The highest BCUT2D eigenvalue weighted by Crippen LogP contribution is 2.45. The maximum Gasteiger partial charge on any atom is 0.274 e. The molecule has 6 heteroatoms. The van der Waals surface area contributed by atoms with Crippen molar-refractivity contribution < 1.29 is 4.79 Å². The third-order valence-electron chi connectivity index (χ3n) is 8.33. The zero-order chi connectivity index (χ0) is 21.8. The molecule has 168 valence electrons. The molecular formula is C26H32N4O2. The van der Waals surface area contributed by atoms with Gasteiger partial charge in [0.25, 0.3) is 5.56 Å². The van der Waals surface area contributed by atoms with E-state index in [0.717, 1.165) is 37.4 Å². The number of nitrogens with zero attached hydrogens (tertiary/aromatic N) is 4. The Hall–Kier alpha value is -2.47. The second-order valence-corrected chi connectivity index (χ2v) is 10.2. The van der Waals surface area contributed by atoms with Gasteiger partial charge in [-0.2, -0.15) is 5.10 Å². The number of hydrogen-bond donors (Lipinski definition) is 0. The minimum Gasteiger partial charge on any atom is -0.335 e. The number of fused-ring (bicyclic) bond motifs is 7. The molecule has 4 atom stereocenters. The number of piperidine rings is 3. The van der Waals surface area contributed by atoms with Crippen LogP contribution in [0, 0.1) is 11.8 Å². The SMILES string of the molecule is Cn1nc(CC(=O)N2CCCC3=C[C@H]4C[C@H](CN5CCCC[C@H]45)[C@@H]32)c2ccccc2c1=O. The number of benzene rings is 1. The van der Waals surface area contributed by atoms with Crippen molar-refractivity contribution in [3.05, 3.63) is 52.0 Å². The lowest BCUT2D eigenvalue weighted by molar-refractivity contribution is -0.135. The maximum absolute atomic E-state index is 13.7. The van der Waals surface area contributed by atoms with Crippen molar-refractivity contribution in [2.75, 3.05) is 19.6 Å². The minimum absolute atomic E-state index is 0.114. The van der Waals surface area contributed by atoms with Crippen molar-refractivity contribution in [2.24, 2.45) is 18.9 Å². The van der Waals surface area contributed by atoms with Gasteiger partial charge in [-0.3, -0.25) is 14.5 Å². The zero-order valence-electron chi connectivity index (χ0n) is 18.9. The quantitative estimate of drug-likeness (QED) is 0.685. The van der Waals surface area contributed by atoms with Crippen molar-refractivity contribution in [2.45, 2.75) is 57.0 Å². The number of carbonyl (C=O) groups excluding carboxylic acids is 1. The Morgan fingerprint density at radius 2 is 1.97 bits per heavy atom. The number of aryl methyl sites for hydroxylation is 1. The van der Waals surface area contributed by atoms with Crippen LogP contribution in [0.25, 0.3) is 10.8 Å². The normalized spacial score (nSPS) is 29.9. The molecule has 2 aromatic rings. The minimum atomic E-state index is -0.114. The number of aromatic nitrogens is 2. The molecule has 1 aliphatic carbocycles. The van der Waals surface area contributed by atoms with Crippen molar-refractivity contribution in [1.82, 2.24) is 19.6 Å². The molecule has 3 saturated heterocycles. The molecule has 1 amide bonds. The van der Waals surface area contributed by atoms with E-state index in [1.54, 1.807) is 7.05 Å². The molecule has 2 bridgehead atoms. The van der Waals surface area contributed by atoms with Gasteiger partial charge in [-0.25, -0.2) is 4.68 Å². The van der Waals surface area contributed by atoms with Crippen LogP contribution in [-0.2, 0) is 18.3 Å². The Morgan fingerprint density at radius 3 is 2.84 bits per heavy atom. The van der Waals surface area contributed by atoms with E-state index >= 15 is 0 Å². The van der Waals surface area contributed by atoms with Crippen LogP contribution in [0.5, 0.6) is 0 Å². The van der Waals surface area contributed by atoms with Gasteiger partial charge in [-0.1, -0.05) is 36.3 Å². The number of amides is 1. The summed E-state index contributed by atoms with van der Waals surface area (Å²) in [6.45, 7) is 3.18. The van der Waals surface area contributed by atoms with Gasteiger partial charge in [-0.15, -0.1) is 0 Å². The number of rotatable bonds is 2. The van der Waals surface area contributed by atoms with Crippen LogP contribution >= 0.6 is 0 Å². The molecule has 1 aromatic carbocycles. The van der Waals surface area contributed by atoms with Gasteiger partial charge in [0.15, 0.2) is 0 Å². The van der Waals surface area contributed by atoms with Crippen LogP contribution in [0.3, 0.4) is 0 Å². The molecule has 0 spiro atoms. The number of hydrogen-bond acceptors (Lipinski definition) is 4. The fourth-order valence-corrected chi connectivity index (χ4v) is 7.00. The summed E-state index contributed by atoms with van der Waals surface area (Å²) in [5.41, 5.74) is 2.10. The third-order valence-corrected chi connectivity index (χ3v) is 8.33. The number of likely N-dealkylation sites (tertiary alicyclic amines) is 1. The lowest BCUT2D eigenvalue weighted by atomic mass is 9.68. The molecule has 4 aliphatic rings. The van der Waals surface area contributed by atoms with E-state index in [0.29, 0.717) is 22.9 Å². The first-order chi connectivity index (χ1) is 15.6. The molecule has 32 heavy (non-hydrogen) atoms. The molecule has 1 aromatic heterocycles. The highest BCUT2D eigenvalue weighted by Gasteiger charge is 2.46. The molecular weight excluding hydrogens is 400 g/mol. The highest BCUT2D eigenvalue weighted by molar-refractivity contribution is 5.88. The first-order valence-corrected chi connectivity index (χ1v) is 12.3. The van der Waals surface area contributed by atoms with Crippen molar-refractivity contribution in [3.8, 4) is 0 Å². The van der Waals surface area contributed by atoms with Gasteiger partial charge in [0.2, 0.25) is 5.91 Å². The Bertz CT molecular complexity index is 1150. The second kappa shape index (κ2) is 7.84. The predicted octanol–water partition coefficient (Wildman–Crippen LogP) is 2.90. The zero-order valence-corrected chi connectivity index (χ0v) is 18.9. The van der Waals surface area contributed by atoms with E-state index in [1.807, 2.05) is 24.3 Å². The van der Waals surface area contributed by atoms with Crippen LogP contribution < -0.4 is 5.56 Å². The third kappa shape index (κ3) is 3.22. The monoisotopic (exact) mass is 432 g/mol. The van der Waals surface area contributed by atoms with Crippen molar-refractivity contribution in [1.29, 1.82) is 0 Å². The molecule has 4 heterocycles. The van der Waals surface area contributed by atoms with Gasteiger partial charge in [0, 0.05) is 31.6 Å². The summed E-state index contributed by atoms with van der Waals surface area (Å²) in [5.74, 6) is 1.36. The van der Waals surface area contributed by atoms with Crippen LogP contribution in [0.1, 0.15) is 44.2 Å². The van der Waals surface area contributed by atoms with Crippen LogP contribution in [0.2, 0.25) is 0 Å². The summed E-state index contributed by atoms with van der Waals surface area (Å²) in [4.78, 5) is 31.0. The van der Waals surface area contributed by atoms with E-state index in [4.69, 9.17) is 0 Å². The summed E-state index contributed by atoms with van der Waals surface area (Å²) in [7, 11) is 1.67. The maximum atomic E-state index is 13.7. The molecule has 6 rings (SSSR count). The van der Waals surface area contributed by atoms with Gasteiger partial charge in [-0.05, 0) is 56.6 Å². The van der Waals surface area contributed by atoms with E-state index < -0.39 is 0 Å². The Labute approximate surface area is 188 Å². The molecule has 0 N–H and O–H groups in total. The van der Waals surface area contributed by atoms with Crippen LogP contribution in [0.4, 0.5) is 0 Å². The van der Waals surface area contributed by atoms with Gasteiger partial charge >= 0.3 is 0 Å². The Balaban J connectivity index is 1.31.